The van der Waals surface area contributed by atoms with E-state index >= 15 is 0 Å². The van der Waals surface area contributed by atoms with Gasteiger partial charge in [-0.25, -0.2) is 13.4 Å². The molecule has 2 aromatic heterocycles. The molecule has 0 aromatic carbocycles. The molecule has 1 atom stereocenters. The van der Waals surface area contributed by atoms with Gasteiger partial charge >= 0.3 is 0 Å². The number of piperidine rings is 1. The van der Waals surface area contributed by atoms with Gasteiger partial charge in [0.2, 0.25) is 11.8 Å². The van der Waals surface area contributed by atoms with Gasteiger partial charge in [-0.2, -0.15) is 4.31 Å². The number of sulfonamides is 1. The Kier molecular flexibility index (Phi) is 6.40. The van der Waals surface area contributed by atoms with Crippen LogP contribution in [0.5, 0.6) is 5.88 Å². The Bertz CT molecular complexity index is 970. The number of carbonyl (C=O) groups is 1. The molecule has 1 amide bonds. The molecule has 0 bridgehead atoms. The van der Waals surface area contributed by atoms with E-state index in [2.05, 4.69) is 4.98 Å². The molecule has 1 unspecified atom stereocenters. The van der Waals surface area contributed by atoms with Crippen molar-refractivity contribution in [3.63, 3.8) is 0 Å². The fraction of sp³-hybridized carbons (Fsp3) is 0.524. The highest BCUT2D eigenvalue weighted by Gasteiger charge is 2.34. The Morgan fingerprint density at radius 1 is 1.23 bits per heavy atom. The van der Waals surface area contributed by atoms with Crippen LogP contribution in [0.25, 0.3) is 0 Å². The lowest BCUT2D eigenvalue weighted by Crippen LogP contribution is -2.41. The first-order valence-corrected chi connectivity index (χ1v) is 12.6. The molecular weight excluding hydrogens is 422 g/mol. The van der Waals surface area contributed by atoms with Crippen molar-refractivity contribution in [2.24, 2.45) is 11.8 Å². The summed E-state index contributed by atoms with van der Waals surface area (Å²) >= 11 is 1.26. The maximum atomic E-state index is 12.7. The second-order valence-corrected chi connectivity index (χ2v) is 11.2. The van der Waals surface area contributed by atoms with Gasteiger partial charge in [-0.3, -0.25) is 4.79 Å². The van der Waals surface area contributed by atoms with Crippen LogP contribution in [0.4, 0.5) is 0 Å². The van der Waals surface area contributed by atoms with Gasteiger partial charge in [0.1, 0.15) is 4.21 Å². The van der Waals surface area contributed by atoms with Crippen LogP contribution in [0.15, 0.2) is 40.1 Å². The molecule has 0 N–H and O–H groups in total. The van der Waals surface area contributed by atoms with E-state index in [9.17, 15) is 13.2 Å². The summed E-state index contributed by atoms with van der Waals surface area (Å²) in [5.41, 5.74) is 1.09. The van der Waals surface area contributed by atoms with Crippen LogP contribution in [-0.2, 0) is 14.8 Å². The number of pyridine rings is 1. The van der Waals surface area contributed by atoms with Crippen LogP contribution in [0.3, 0.4) is 0 Å². The fourth-order valence-electron chi connectivity index (χ4n) is 4.11. The molecule has 2 aromatic rings. The minimum absolute atomic E-state index is 0.162. The van der Waals surface area contributed by atoms with Gasteiger partial charge < -0.3 is 9.64 Å². The number of hydrogen-bond acceptors (Lipinski definition) is 6. The number of amides is 1. The predicted molar refractivity (Wildman–Crippen MR) is 115 cm³/mol. The lowest BCUT2D eigenvalue weighted by molar-refractivity contribution is -0.128. The molecule has 4 rings (SSSR count). The molecule has 2 aliphatic rings. The topological polar surface area (TPSA) is 79.8 Å². The summed E-state index contributed by atoms with van der Waals surface area (Å²) < 4.78 is 33.1. The van der Waals surface area contributed by atoms with Gasteiger partial charge in [0.25, 0.3) is 10.0 Å². The Balaban J connectivity index is 1.25. The summed E-state index contributed by atoms with van der Waals surface area (Å²) in [5.74, 6) is 1.26. The Labute approximate surface area is 181 Å². The number of likely N-dealkylation sites (tertiary alicyclic amines) is 1. The number of ether oxygens (including phenoxy) is 1. The number of rotatable bonds is 7. The van der Waals surface area contributed by atoms with E-state index in [4.69, 9.17) is 4.74 Å². The van der Waals surface area contributed by atoms with Crippen LogP contribution in [0.1, 0.15) is 24.8 Å². The normalized spacial score (nSPS) is 21.3. The van der Waals surface area contributed by atoms with Gasteiger partial charge in [0.05, 0.1) is 6.61 Å². The molecule has 0 spiro atoms. The number of nitrogens with zero attached hydrogens (tertiary/aromatic N) is 3. The van der Waals surface area contributed by atoms with E-state index in [0.29, 0.717) is 55.2 Å². The van der Waals surface area contributed by atoms with Crippen molar-refractivity contribution in [1.29, 1.82) is 0 Å². The summed E-state index contributed by atoms with van der Waals surface area (Å²) in [6.45, 7) is 4.89. The summed E-state index contributed by atoms with van der Waals surface area (Å²) in [6.07, 6.45) is 3.78. The van der Waals surface area contributed by atoms with Crippen LogP contribution < -0.4 is 4.74 Å². The monoisotopic (exact) mass is 449 g/mol. The van der Waals surface area contributed by atoms with Crippen LogP contribution in [-0.4, -0.2) is 61.3 Å². The van der Waals surface area contributed by atoms with E-state index in [1.54, 1.807) is 28.0 Å². The zero-order valence-corrected chi connectivity index (χ0v) is 18.7. The smallest absolute Gasteiger partial charge is 0.252 e. The molecule has 2 saturated heterocycles. The highest BCUT2D eigenvalue weighted by molar-refractivity contribution is 7.91. The standard InChI is InChI=1S/C21H27N3O4S2/c1-16-4-7-22-19(11-16)28-15-18-12-20(25)23(14-18)13-17-5-8-24(9-6-17)30(26,27)21-3-2-10-29-21/h2-4,7,10-11,17-18H,5-6,8-9,12-15H2,1H3. The maximum absolute atomic E-state index is 12.7. The Morgan fingerprint density at radius 3 is 2.73 bits per heavy atom. The highest BCUT2D eigenvalue weighted by atomic mass is 32.2. The van der Waals surface area contributed by atoms with E-state index in [1.165, 1.54) is 11.3 Å². The van der Waals surface area contributed by atoms with Crippen molar-refractivity contribution >= 4 is 27.3 Å². The summed E-state index contributed by atoms with van der Waals surface area (Å²) in [5, 5.41) is 1.79. The van der Waals surface area contributed by atoms with E-state index in [1.807, 2.05) is 24.0 Å². The third kappa shape index (κ3) is 4.84. The van der Waals surface area contributed by atoms with Crippen molar-refractivity contribution in [1.82, 2.24) is 14.2 Å². The largest absolute Gasteiger partial charge is 0.477 e. The summed E-state index contributed by atoms with van der Waals surface area (Å²) in [6, 6.07) is 7.24. The van der Waals surface area contributed by atoms with Gasteiger partial charge in [-0.1, -0.05) is 6.07 Å². The third-order valence-corrected chi connectivity index (χ3v) is 9.06. The summed E-state index contributed by atoms with van der Waals surface area (Å²) in [7, 11) is -3.38. The second kappa shape index (κ2) is 9.03. The molecule has 9 heteroatoms. The molecular formula is C21H27N3O4S2. The van der Waals surface area contributed by atoms with E-state index in [0.717, 1.165) is 18.4 Å². The molecule has 0 saturated carbocycles. The molecule has 162 valence electrons. The lowest BCUT2D eigenvalue weighted by atomic mass is 9.97. The first-order valence-electron chi connectivity index (χ1n) is 10.3. The predicted octanol–water partition coefficient (Wildman–Crippen LogP) is 2.78. The van der Waals surface area contributed by atoms with E-state index < -0.39 is 10.0 Å². The van der Waals surface area contributed by atoms with Crippen molar-refractivity contribution in [2.45, 2.75) is 30.4 Å². The minimum Gasteiger partial charge on any atom is -0.477 e. The number of carbonyl (C=O) groups excluding carboxylic acids is 1. The average molecular weight is 450 g/mol. The van der Waals surface area contributed by atoms with Crippen molar-refractivity contribution < 1.29 is 17.9 Å². The molecule has 4 heterocycles. The summed E-state index contributed by atoms with van der Waals surface area (Å²) in [4.78, 5) is 18.6. The molecule has 2 aliphatic heterocycles. The third-order valence-electron chi connectivity index (χ3n) is 5.79. The SMILES string of the molecule is Cc1ccnc(OCC2CC(=O)N(CC3CCN(S(=O)(=O)c4cccs4)CC3)C2)c1. The number of aryl methyl sites for hydroxylation is 1. The van der Waals surface area contributed by atoms with Crippen molar-refractivity contribution in [2.75, 3.05) is 32.8 Å². The van der Waals surface area contributed by atoms with Gasteiger partial charge in [0.15, 0.2) is 0 Å². The lowest BCUT2D eigenvalue weighted by Gasteiger charge is -2.33. The fourth-order valence-corrected chi connectivity index (χ4v) is 6.73. The number of thiophene rings is 1. The Morgan fingerprint density at radius 2 is 2.03 bits per heavy atom. The molecule has 0 radical (unpaired) electrons. The first kappa shape index (κ1) is 21.3. The van der Waals surface area contributed by atoms with Crippen molar-refractivity contribution in [3.8, 4) is 5.88 Å². The first-order chi connectivity index (χ1) is 14.4. The zero-order chi connectivity index (χ0) is 21.1. The number of aromatic nitrogens is 1. The van der Waals surface area contributed by atoms with Crippen LogP contribution in [0.2, 0.25) is 0 Å². The molecule has 30 heavy (non-hydrogen) atoms. The van der Waals surface area contributed by atoms with Gasteiger partial charge in [-0.05, 0) is 48.8 Å². The molecule has 0 aliphatic carbocycles. The quantitative estimate of drug-likeness (QED) is 0.649. The average Bonchev–Trinajstić information content (AvgIpc) is 3.38. The molecule has 7 nitrogen and oxygen atoms in total. The van der Waals surface area contributed by atoms with Crippen LogP contribution in [0, 0.1) is 18.8 Å². The highest BCUT2D eigenvalue weighted by Crippen LogP contribution is 2.28. The zero-order valence-electron chi connectivity index (χ0n) is 17.1. The van der Waals surface area contributed by atoms with Crippen LogP contribution >= 0.6 is 11.3 Å². The second-order valence-electron chi connectivity index (χ2n) is 8.13. The van der Waals surface area contributed by atoms with E-state index in [-0.39, 0.29) is 11.8 Å². The van der Waals surface area contributed by atoms with Crippen molar-refractivity contribution in [3.05, 3.63) is 41.4 Å². The van der Waals surface area contributed by atoms with Gasteiger partial charge in [-0.15, -0.1) is 11.3 Å². The molecule has 2 fully saturated rings. The maximum Gasteiger partial charge on any atom is 0.252 e. The number of hydrogen-bond donors (Lipinski definition) is 0. The Hall–Kier alpha value is -1.97. The minimum atomic E-state index is -3.38. The van der Waals surface area contributed by atoms with Gasteiger partial charge in [0, 0.05) is 50.8 Å².